The van der Waals surface area contributed by atoms with Crippen molar-refractivity contribution in [1.29, 1.82) is 0 Å². The van der Waals surface area contributed by atoms with Gasteiger partial charge in [0.25, 0.3) is 0 Å². The normalized spacial score (nSPS) is 17.8. The number of fused-ring (bicyclic) bond motifs is 2. The van der Waals surface area contributed by atoms with Crippen LogP contribution in [0.2, 0.25) is 0 Å². The monoisotopic (exact) mass is 490 g/mol. The zero-order valence-electron chi connectivity index (χ0n) is 20.8. The number of allylic oxidation sites excluding steroid dienone is 3. The fourth-order valence-corrected chi connectivity index (χ4v) is 5.40. The zero-order chi connectivity index (χ0) is 25.3. The van der Waals surface area contributed by atoms with Crippen LogP contribution in [0.5, 0.6) is 0 Å². The van der Waals surface area contributed by atoms with Crippen LogP contribution >= 0.6 is 0 Å². The predicted octanol–water partition coefficient (Wildman–Crippen LogP) is 8.21. The molecule has 5 aromatic rings. The molecule has 0 fully saturated rings. The molecule has 0 bridgehead atoms. The van der Waals surface area contributed by atoms with Gasteiger partial charge in [-0.2, -0.15) is 0 Å². The van der Waals surface area contributed by atoms with Gasteiger partial charge in [0.1, 0.15) is 11.9 Å². The van der Waals surface area contributed by atoms with Gasteiger partial charge in [-0.3, -0.25) is 9.56 Å². The first-order valence-electron chi connectivity index (χ1n) is 12.9. The maximum Gasteiger partial charge on any atom is 0.145 e. The predicted molar refractivity (Wildman–Crippen MR) is 158 cm³/mol. The minimum Gasteiger partial charge on any atom is -0.311 e. The number of imidazole rings is 1. The molecule has 7 rings (SSSR count). The third kappa shape index (κ3) is 3.87. The van der Waals surface area contributed by atoms with Crippen molar-refractivity contribution >= 4 is 40.0 Å². The molecular formula is C34H26N4. The fourth-order valence-electron chi connectivity index (χ4n) is 5.40. The van der Waals surface area contributed by atoms with E-state index in [0.29, 0.717) is 0 Å². The number of benzene rings is 4. The average molecular weight is 491 g/mol. The molecule has 2 heterocycles. The molecule has 0 saturated heterocycles. The van der Waals surface area contributed by atoms with Crippen molar-refractivity contribution in [3.63, 3.8) is 0 Å². The van der Waals surface area contributed by atoms with Gasteiger partial charge in [0.15, 0.2) is 0 Å². The molecule has 1 aromatic heterocycles. The first-order chi connectivity index (χ1) is 18.9. The van der Waals surface area contributed by atoms with Crippen molar-refractivity contribution in [2.75, 3.05) is 4.90 Å². The quantitative estimate of drug-likeness (QED) is 0.249. The summed E-state index contributed by atoms with van der Waals surface area (Å²) in [6.45, 7) is 0. The van der Waals surface area contributed by atoms with Gasteiger partial charge in [-0.05, 0) is 72.8 Å². The highest BCUT2D eigenvalue weighted by Gasteiger charge is 2.28. The maximum absolute atomic E-state index is 5.10. The van der Waals surface area contributed by atoms with Crippen LogP contribution in [0.3, 0.4) is 0 Å². The van der Waals surface area contributed by atoms with Crippen molar-refractivity contribution in [3.05, 3.63) is 140 Å². The molecule has 4 heteroatoms. The van der Waals surface area contributed by atoms with E-state index in [-0.39, 0.29) is 12.0 Å². The van der Waals surface area contributed by atoms with Gasteiger partial charge in [0.2, 0.25) is 0 Å². The van der Waals surface area contributed by atoms with Crippen molar-refractivity contribution in [2.45, 2.75) is 6.04 Å². The second-order valence-corrected chi connectivity index (χ2v) is 9.49. The van der Waals surface area contributed by atoms with Crippen LogP contribution in [0.4, 0.5) is 17.1 Å². The summed E-state index contributed by atoms with van der Waals surface area (Å²) < 4.78 is 2.29. The number of hydrogen-bond donors (Lipinski definition) is 0. The Morgan fingerprint density at radius 3 is 2.00 bits per heavy atom. The van der Waals surface area contributed by atoms with E-state index in [4.69, 9.17) is 9.98 Å². The number of nitrogens with zero attached hydrogens (tertiary/aromatic N) is 4. The van der Waals surface area contributed by atoms with Crippen molar-refractivity contribution < 1.29 is 0 Å². The van der Waals surface area contributed by atoms with Gasteiger partial charge < -0.3 is 4.90 Å². The molecule has 38 heavy (non-hydrogen) atoms. The second kappa shape index (κ2) is 9.49. The molecule has 1 aliphatic heterocycles. The van der Waals surface area contributed by atoms with E-state index >= 15 is 0 Å². The Balaban J connectivity index is 1.34. The first-order valence-corrected chi connectivity index (χ1v) is 12.9. The molecule has 0 radical (unpaired) electrons. The summed E-state index contributed by atoms with van der Waals surface area (Å²) in [5.74, 6) is 1.18. The molecule has 0 amide bonds. The molecule has 0 saturated carbocycles. The van der Waals surface area contributed by atoms with Crippen LogP contribution in [-0.2, 0) is 0 Å². The van der Waals surface area contributed by atoms with Gasteiger partial charge in [0, 0.05) is 34.8 Å². The largest absolute Gasteiger partial charge is 0.311 e. The molecule has 182 valence electrons. The average Bonchev–Trinajstić information content (AvgIpc) is 3.38. The van der Waals surface area contributed by atoms with E-state index < -0.39 is 0 Å². The van der Waals surface area contributed by atoms with Crippen LogP contribution in [0, 0.1) is 5.92 Å². The van der Waals surface area contributed by atoms with E-state index in [1.54, 1.807) is 0 Å². The standard InChI is InChI=1S/C34H26N4/c1-3-13-27(14-4-1)37(28-15-5-2-6-16-28)29-22-20-26(21-23-29)34-36-30-17-7-8-18-31(30)38(34)32-19-9-11-25-12-10-24-35-33(25)32/h1-25,33H. The number of rotatable bonds is 5. The Labute approximate surface area is 222 Å². The Morgan fingerprint density at radius 1 is 0.632 bits per heavy atom. The topological polar surface area (TPSA) is 33.4 Å². The number of aliphatic imine (C=N–C) groups is 1. The number of hydrogen-bond acceptors (Lipinski definition) is 3. The van der Waals surface area contributed by atoms with E-state index in [1.165, 1.54) is 0 Å². The molecule has 2 aliphatic rings. The van der Waals surface area contributed by atoms with E-state index in [1.807, 2.05) is 30.5 Å². The highest BCUT2D eigenvalue weighted by atomic mass is 15.1. The minimum atomic E-state index is 0.0345. The van der Waals surface area contributed by atoms with Crippen LogP contribution in [-0.4, -0.2) is 21.8 Å². The second-order valence-electron chi connectivity index (χ2n) is 9.49. The smallest absolute Gasteiger partial charge is 0.145 e. The van der Waals surface area contributed by atoms with Gasteiger partial charge in [0.05, 0.1) is 16.7 Å². The summed E-state index contributed by atoms with van der Waals surface area (Å²) in [6, 6.07) is 38.0. The van der Waals surface area contributed by atoms with Crippen LogP contribution in [0.25, 0.3) is 28.1 Å². The van der Waals surface area contributed by atoms with Gasteiger partial charge in [-0.15, -0.1) is 0 Å². The maximum atomic E-state index is 5.10. The Bertz CT molecular complexity index is 1670. The minimum absolute atomic E-state index is 0.0345. The van der Waals surface area contributed by atoms with Gasteiger partial charge in [-0.25, -0.2) is 4.98 Å². The lowest BCUT2D eigenvalue weighted by Crippen LogP contribution is -2.25. The van der Waals surface area contributed by atoms with Crippen molar-refractivity contribution in [3.8, 4) is 11.4 Å². The van der Waals surface area contributed by atoms with Crippen molar-refractivity contribution in [2.24, 2.45) is 10.9 Å². The molecular weight excluding hydrogens is 464 g/mol. The Hall–Kier alpha value is -4.96. The number of anilines is 3. The summed E-state index contributed by atoms with van der Waals surface area (Å²) in [7, 11) is 0. The Kier molecular flexibility index (Phi) is 5.56. The van der Waals surface area contributed by atoms with Crippen LogP contribution in [0.15, 0.2) is 145 Å². The van der Waals surface area contributed by atoms with E-state index in [0.717, 1.165) is 45.2 Å². The highest BCUT2D eigenvalue weighted by molar-refractivity contribution is 5.88. The highest BCUT2D eigenvalue weighted by Crippen LogP contribution is 2.38. The molecule has 0 N–H and O–H groups in total. The zero-order valence-corrected chi connectivity index (χ0v) is 20.8. The molecule has 4 nitrogen and oxygen atoms in total. The lowest BCUT2D eigenvalue weighted by Gasteiger charge is -2.28. The van der Waals surface area contributed by atoms with Crippen molar-refractivity contribution in [1.82, 2.24) is 9.55 Å². The molecule has 0 spiro atoms. The number of aromatic nitrogens is 2. The van der Waals surface area contributed by atoms with Crippen LogP contribution in [0.1, 0.15) is 0 Å². The van der Waals surface area contributed by atoms with Gasteiger partial charge in [-0.1, -0.05) is 66.8 Å². The SMILES string of the molecule is C1=CC2C=CC=C(n3c(-c4ccc(N(c5ccccc5)c5ccccc5)cc4)nc4ccccc43)C2N=C1. The number of dihydropyridines is 1. The summed E-state index contributed by atoms with van der Waals surface area (Å²) in [5.41, 5.74) is 7.60. The molecule has 4 aromatic carbocycles. The van der Waals surface area contributed by atoms with E-state index in [9.17, 15) is 0 Å². The third-order valence-corrected chi connectivity index (χ3v) is 7.17. The molecule has 2 atom stereocenters. The lowest BCUT2D eigenvalue weighted by atomic mass is 9.90. The van der Waals surface area contributed by atoms with E-state index in [2.05, 4.69) is 125 Å². The van der Waals surface area contributed by atoms with Crippen LogP contribution < -0.4 is 4.90 Å². The van der Waals surface area contributed by atoms with Gasteiger partial charge >= 0.3 is 0 Å². The summed E-state index contributed by atoms with van der Waals surface area (Å²) >= 11 is 0. The first kappa shape index (κ1) is 22.3. The molecule has 2 unspecified atom stereocenters. The molecule has 1 aliphatic carbocycles. The summed E-state index contributed by atoms with van der Waals surface area (Å²) in [4.78, 5) is 12.2. The summed E-state index contributed by atoms with van der Waals surface area (Å²) in [5, 5.41) is 0. The lowest BCUT2D eigenvalue weighted by molar-refractivity contribution is 0.675. The summed E-state index contributed by atoms with van der Waals surface area (Å²) in [6.07, 6.45) is 12.7. The Morgan fingerprint density at radius 2 is 1.26 bits per heavy atom. The fraction of sp³-hybridized carbons (Fsp3) is 0.0588. The third-order valence-electron chi connectivity index (χ3n) is 7.17. The number of para-hydroxylation sites is 4.